The number of hydrogen-bond donors (Lipinski definition) is 2. The van der Waals surface area contributed by atoms with Crippen LogP contribution in [0.1, 0.15) is 16.1 Å². The van der Waals surface area contributed by atoms with Gasteiger partial charge >= 0.3 is 0 Å². The second-order valence-corrected chi connectivity index (χ2v) is 4.53. The molecule has 92 valence electrons. The van der Waals surface area contributed by atoms with Crippen LogP contribution in [0.15, 0.2) is 34.8 Å². The molecule has 0 atom stereocenters. The van der Waals surface area contributed by atoms with E-state index in [-0.39, 0.29) is 17.4 Å². The van der Waals surface area contributed by atoms with Crippen molar-refractivity contribution < 1.29 is 4.79 Å². The molecular formula is C12H11BrN4O. The Bertz CT molecular complexity index is 583. The van der Waals surface area contributed by atoms with Gasteiger partial charge in [0.05, 0.1) is 5.69 Å². The Morgan fingerprint density at radius 3 is 2.72 bits per heavy atom. The molecule has 0 spiro atoms. The Kier molecular flexibility index (Phi) is 3.57. The average Bonchev–Trinajstić information content (AvgIpc) is 2.36. The predicted molar refractivity (Wildman–Crippen MR) is 73.3 cm³/mol. The van der Waals surface area contributed by atoms with Crippen molar-refractivity contribution in [3.63, 3.8) is 0 Å². The van der Waals surface area contributed by atoms with Crippen LogP contribution in [0.25, 0.3) is 0 Å². The van der Waals surface area contributed by atoms with Gasteiger partial charge in [0.15, 0.2) is 5.69 Å². The molecule has 0 radical (unpaired) electrons. The van der Waals surface area contributed by atoms with Crippen molar-refractivity contribution in [3.05, 3.63) is 46.1 Å². The number of aromatic nitrogens is 2. The number of nitrogens with zero attached hydrogens (tertiary/aromatic N) is 2. The lowest BCUT2D eigenvalue weighted by Gasteiger charge is -2.08. The second-order valence-electron chi connectivity index (χ2n) is 3.73. The normalized spacial score (nSPS) is 10.1. The van der Waals surface area contributed by atoms with E-state index >= 15 is 0 Å². The number of aryl methyl sites for hydroxylation is 1. The molecule has 2 aromatic rings. The molecule has 2 rings (SSSR count). The molecule has 1 aromatic heterocycles. The average molecular weight is 307 g/mol. The summed E-state index contributed by atoms with van der Waals surface area (Å²) in [7, 11) is 0. The standard InChI is InChI=1S/C12H11BrN4O/c1-7-3-2-4-8(11(7)13)15-12(18)9-5-6-10(14)17-16-9/h2-6H,1H3,(H2,14,17)(H,15,18). The van der Waals surface area contributed by atoms with Gasteiger partial charge in [-0.2, -0.15) is 0 Å². The van der Waals surface area contributed by atoms with Crippen LogP contribution >= 0.6 is 15.9 Å². The summed E-state index contributed by atoms with van der Waals surface area (Å²) in [6.45, 7) is 1.95. The first kappa shape index (κ1) is 12.5. The number of carbonyl (C=O) groups is 1. The number of rotatable bonds is 2. The topological polar surface area (TPSA) is 80.9 Å². The molecule has 3 N–H and O–H groups in total. The van der Waals surface area contributed by atoms with Crippen molar-refractivity contribution in [3.8, 4) is 0 Å². The van der Waals surface area contributed by atoms with Gasteiger partial charge in [0.2, 0.25) is 0 Å². The van der Waals surface area contributed by atoms with Gasteiger partial charge in [-0.15, -0.1) is 10.2 Å². The molecule has 1 heterocycles. The summed E-state index contributed by atoms with van der Waals surface area (Å²) in [5.74, 6) is -0.0444. The van der Waals surface area contributed by atoms with Gasteiger partial charge in [0.25, 0.3) is 5.91 Å². The first-order valence-electron chi connectivity index (χ1n) is 5.23. The van der Waals surface area contributed by atoms with E-state index in [2.05, 4.69) is 31.4 Å². The van der Waals surface area contributed by atoms with Crippen molar-refractivity contribution in [1.29, 1.82) is 0 Å². The van der Waals surface area contributed by atoms with E-state index in [1.165, 1.54) is 12.1 Å². The number of benzene rings is 1. The number of nitrogen functional groups attached to an aromatic ring is 1. The van der Waals surface area contributed by atoms with Crippen molar-refractivity contribution >= 4 is 33.3 Å². The molecule has 1 amide bonds. The Labute approximate surface area is 113 Å². The molecule has 0 unspecified atom stereocenters. The minimum absolute atomic E-state index is 0.220. The van der Waals surface area contributed by atoms with E-state index in [4.69, 9.17) is 5.73 Å². The molecule has 0 saturated carbocycles. The highest BCUT2D eigenvalue weighted by atomic mass is 79.9. The highest BCUT2D eigenvalue weighted by molar-refractivity contribution is 9.10. The van der Waals surface area contributed by atoms with Crippen molar-refractivity contribution in [2.24, 2.45) is 0 Å². The molecule has 0 bridgehead atoms. The second kappa shape index (κ2) is 5.14. The number of amides is 1. The fraction of sp³-hybridized carbons (Fsp3) is 0.0833. The Morgan fingerprint density at radius 2 is 2.06 bits per heavy atom. The molecule has 0 aliphatic carbocycles. The zero-order chi connectivity index (χ0) is 13.1. The van der Waals surface area contributed by atoms with Crippen LogP contribution < -0.4 is 11.1 Å². The number of nitrogens with two attached hydrogens (primary N) is 1. The Balaban J connectivity index is 2.21. The molecule has 18 heavy (non-hydrogen) atoms. The highest BCUT2D eigenvalue weighted by Gasteiger charge is 2.10. The molecule has 0 saturated heterocycles. The van der Waals surface area contributed by atoms with E-state index < -0.39 is 0 Å². The molecule has 0 fully saturated rings. The summed E-state index contributed by atoms with van der Waals surface area (Å²) < 4.78 is 0.849. The lowest BCUT2D eigenvalue weighted by molar-refractivity contribution is 0.102. The van der Waals surface area contributed by atoms with Gasteiger partial charge in [-0.3, -0.25) is 4.79 Å². The third kappa shape index (κ3) is 2.65. The molecular weight excluding hydrogens is 296 g/mol. The maximum absolute atomic E-state index is 11.9. The van der Waals surface area contributed by atoms with Crippen molar-refractivity contribution in [2.45, 2.75) is 6.92 Å². The summed E-state index contributed by atoms with van der Waals surface area (Å²) in [6.07, 6.45) is 0. The van der Waals surface area contributed by atoms with Gasteiger partial charge in [0, 0.05) is 4.47 Å². The van der Waals surface area contributed by atoms with Gasteiger partial charge in [-0.05, 0) is 46.6 Å². The van der Waals surface area contributed by atoms with Gasteiger partial charge in [-0.1, -0.05) is 12.1 Å². The van der Waals surface area contributed by atoms with Crippen molar-refractivity contribution in [1.82, 2.24) is 10.2 Å². The van der Waals surface area contributed by atoms with Crippen LogP contribution in [-0.4, -0.2) is 16.1 Å². The van der Waals surface area contributed by atoms with Crippen LogP contribution in [0.2, 0.25) is 0 Å². The van der Waals surface area contributed by atoms with Gasteiger partial charge < -0.3 is 11.1 Å². The maximum Gasteiger partial charge on any atom is 0.276 e. The van der Waals surface area contributed by atoms with Crippen LogP contribution in [-0.2, 0) is 0 Å². The van der Waals surface area contributed by atoms with Gasteiger partial charge in [0.1, 0.15) is 5.82 Å². The molecule has 5 nitrogen and oxygen atoms in total. The van der Waals surface area contributed by atoms with E-state index in [0.717, 1.165) is 10.0 Å². The van der Waals surface area contributed by atoms with Crippen LogP contribution in [0.5, 0.6) is 0 Å². The zero-order valence-electron chi connectivity index (χ0n) is 9.64. The lowest BCUT2D eigenvalue weighted by Crippen LogP contribution is -2.15. The fourth-order valence-corrected chi connectivity index (χ4v) is 1.76. The summed E-state index contributed by atoms with van der Waals surface area (Å²) >= 11 is 3.42. The smallest absolute Gasteiger partial charge is 0.276 e. The minimum Gasteiger partial charge on any atom is -0.382 e. The third-order valence-electron chi connectivity index (χ3n) is 2.36. The quantitative estimate of drug-likeness (QED) is 0.892. The van der Waals surface area contributed by atoms with Gasteiger partial charge in [-0.25, -0.2) is 0 Å². The third-order valence-corrected chi connectivity index (χ3v) is 3.41. The largest absolute Gasteiger partial charge is 0.382 e. The van der Waals surface area contributed by atoms with Crippen LogP contribution in [0.3, 0.4) is 0 Å². The summed E-state index contributed by atoms with van der Waals surface area (Å²) in [5, 5.41) is 10.1. The first-order valence-corrected chi connectivity index (χ1v) is 6.03. The maximum atomic E-state index is 11.9. The number of halogens is 1. The van der Waals surface area contributed by atoms with Crippen molar-refractivity contribution in [2.75, 3.05) is 11.1 Å². The number of hydrogen-bond acceptors (Lipinski definition) is 4. The molecule has 6 heteroatoms. The van der Waals surface area contributed by atoms with E-state index in [1.807, 2.05) is 19.1 Å². The molecule has 1 aromatic carbocycles. The summed E-state index contributed by atoms with van der Waals surface area (Å²) in [4.78, 5) is 11.9. The Morgan fingerprint density at radius 1 is 1.28 bits per heavy atom. The zero-order valence-corrected chi connectivity index (χ0v) is 11.2. The minimum atomic E-state index is -0.325. The van der Waals surface area contributed by atoms with E-state index in [0.29, 0.717) is 5.69 Å². The predicted octanol–water partition coefficient (Wildman–Crippen LogP) is 2.38. The summed E-state index contributed by atoms with van der Waals surface area (Å²) in [5.41, 5.74) is 7.36. The van der Waals surface area contributed by atoms with E-state index in [1.54, 1.807) is 6.07 Å². The van der Waals surface area contributed by atoms with Crippen LogP contribution in [0, 0.1) is 6.92 Å². The number of nitrogens with one attached hydrogen (secondary N) is 1. The molecule has 0 aliphatic heterocycles. The fourth-order valence-electron chi connectivity index (χ4n) is 1.39. The lowest BCUT2D eigenvalue weighted by atomic mass is 10.2. The monoisotopic (exact) mass is 306 g/mol. The van der Waals surface area contributed by atoms with E-state index in [9.17, 15) is 4.79 Å². The Hall–Kier alpha value is -1.95. The highest BCUT2D eigenvalue weighted by Crippen LogP contribution is 2.25. The SMILES string of the molecule is Cc1cccc(NC(=O)c2ccc(N)nn2)c1Br. The molecule has 0 aliphatic rings. The number of anilines is 2. The first-order chi connectivity index (χ1) is 8.58. The van der Waals surface area contributed by atoms with Crippen LogP contribution in [0.4, 0.5) is 11.5 Å². The summed E-state index contributed by atoms with van der Waals surface area (Å²) in [6, 6.07) is 8.68. The number of carbonyl (C=O) groups excluding carboxylic acids is 1.